The Morgan fingerprint density at radius 2 is 1.82 bits per heavy atom. The minimum Gasteiger partial charge on any atom is -0.481 e. The molecule has 1 aromatic rings. The van der Waals surface area contributed by atoms with Gasteiger partial charge in [0.05, 0.1) is 22.2 Å². The van der Waals surface area contributed by atoms with Crippen LogP contribution in [0.15, 0.2) is 35.9 Å². The van der Waals surface area contributed by atoms with Crippen LogP contribution in [-0.2, 0) is 14.4 Å². The van der Waals surface area contributed by atoms with Gasteiger partial charge in [0, 0.05) is 11.5 Å². The van der Waals surface area contributed by atoms with Crippen LogP contribution in [0.25, 0.3) is 0 Å². The molecule has 8 atom stereocenters. The number of nitro benzene ring substituents is 1. The number of nitro groups is 1. The van der Waals surface area contributed by atoms with Gasteiger partial charge in [-0.15, -0.1) is 0 Å². The van der Waals surface area contributed by atoms with Crippen LogP contribution in [0, 0.1) is 61.9 Å². The van der Waals surface area contributed by atoms with Gasteiger partial charge >= 0.3 is 5.97 Å². The zero-order valence-electron chi connectivity index (χ0n) is 22.5. The van der Waals surface area contributed by atoms with Gasteiger partial charge in [-0.1, -0.05) is 51.0 Å². The summed E-state index contributed by atoms with van der Waals surface area (Å²) in [7, 11) is 0. The molecular formula is C30H36N2O6. The Hall–Kier alpha value is -3.03. The molecule has 1 N–H and O–H groups in total. The highest BCUT2D eigenvalue weighted by Crippen LogP contribution is 2.74. The van der Waals surface area contributed by atoms with Crippen LogP contribution in [0.2, 0.25) is 0 Å². The summed E-state index contributed by atoms with van der Waals surface area (Å²) in [5, 5.41) is 22.1. The number of amides is 2. The van der Waals surface area contributed by atoms with Gasteiger partial charge in [0.1, 0.15) is 5.69 Å². The Morgan fingerprint density at radius 1 is 1.11 bits per heavy atom. The summed E-state index contributed by atoms with van der Waals surface area (Å²) in [5.41, 5.74) is -0.593. The first-order chi connectivity index (χ1) is 17.9. The van der Waals surface area contributed by atoms with Crippen molar-refractivity contribution in [3.05, 3.63) is 46.0 Å². The predicted octanol–water partition coefficient (Wildman–Crippen LogP) is 5.61. The van der Waals surface area contributed by atoms with Gasteiger partial charge in [0.25, 0.3) is 5.69 Å². The van der Waals surface area contributed by atoms with Gasteiger partial charge in [-0.3, -0.25) is 24.5 Å². The monoisotopic (exact) mass is 520 g/mol. The Kier molecular flexibility index (Phi) is 5.31. The summed E-state index contributed by atoms with van der Waals surface area (Å²) in [4.78, 5) is 53.3. The number of carboxylic acids is 1. The van der Waals surface area contributed by atoms with Gasteiger partial charge in [0.2, 0.25) is 11.8 Å². The number of imide groups is 1. The summed E-state index contributed by atoms with van der Waals surface area (Å²) in [6.45, 7) is 8.39. The number of nitrogens with zero attached hydrogens (tertiary/aromatic N) is 2. The standard InChI is InChI=1S/C30H36N2O6/c1-16(2)18-15-30-13-10-21-28(3,11-7-12-29(21,4)27(35)36)22(30)14-17(18)23-24(30)26(34)31(25(23)33)19-8-5-6-9-20(19)32(37)38/h5-6,8-9,15-17,21-24H,7,10-14H2,1-4H3,(H,35,36)/t17-,21-,22-,23+,24+,28-,29+,30-/m0/s1. The predicted molar refractivity (Wildman–Crippen MR) is 140 cm³/mol. The molecule has 0 unspecified atom stereocenters. The summed E-state index contributed by atoms with van der Waals surface area (Å²) in [6.07, 6.45) is 6.84. The Morgan fingerprint density at radius 3 is 2.47 bits per heavy atom. The first kappa shape index (κ1) is 25.3. The SMILES string of the molecule is CC(C)C1=C[C@@]23CC[C@H]4[C@](C)(CCC[C@@]4(C)C(=O)O)[C@@H]2C[C@@H]1[C@H]1C(=O)N(c2ccccc2[N+](=O)[O-])C(=O)[C@@H]13. The van der Waals surface area contributed by atoms with Gasteiger partial charge in [-0.2, -0.15) is 0 Å². The molecule has 1 aliphatic heterocycles. The number of carboxylic acid groups (broad SMARTS) is 1. The van der Waals surface area contributed by atoms with E-state index in [0.29, 0.717) is 19.3 Å². The van der Waals surface area contributed by atoms with Crippen molar-refractivity contribution < 1.29 is 24.4 Å². The van der Waals surface area contributed by atoms with Crippen molar-refractivity contribution in [1.29, 1.82) is 0 Å². The fourth-order valence-corrected chi connectivity index (χ4v) is 10.0. The molecule has 2 amide bonds. The number of para-hydroxylation sites is 2. The average Bonchev–Trinajstić information content (AvgIpc) is 3.15. The number of hydrogen-bond acceptors (Lipinski definition) is 5. The van der Waals surface area contributed by atoms with Crippen LogP contribution in [0.3, 0.4) is 0 Å². The summed E-state index contributed by atoms with van der Waals surface area (Å²) < 4.78 is 0. The second-order valence-corrected chi connectivity index (χ2v) is 13.2. The lowest BCUT2D eigenvalue weighted by molar-refractivity contribution is -0.384. The van der Waals surface area contributed by atoms with Crippen LogP contribution < -0.4 is 4.90 Å². The van der Waals surface area contributed by atoms with Crippen molar-refractivity contribution >= 4 is 29.2 Å². The highest BCUT2D eigenvalue weighted by molar-refractivity contribution is 6.23. The molecule has 38 heavy (non-hydrogen) atoms. The second kappa shape index (κ2) is 7.99. The van der Waals surface area contributed by atoms with E-state index in [1.54, 1.807) is 12.1 Å². The molecular weight excluding hydrogens is 484 g/mol. The maximum atomic E-state index is 14.3. The van der Waals surface area contributed by atoms with Crippen LogP contribution in [-0.4, -0.2) is 27.8 Å². The molecule has 8 nitrogen and oxygen atoms in total. The third-order valence-corrected chi connectivity index (χ3v) is 11.5. The van der Waals surface area contributed by atoms with Crippen LogP contribution in [0.1, 0.15) is 66.2 Å². The molecule has 8 heteroatoms. The number of allylic oxidation sites excluding steroid dienone is 2. The highest BCUT2D eigenvalue weighted by Gasteiger charge is 2.73. The van der Waals surface area contributed by atoms with E-state index in [1.807, 2.05) is 6.92 Å². The summed E-state index contributed by atoms with van der Waals surface area (Å²) in [5.74, 6) is -2.32. The molecule has 0 aromatic heterocycles. The second-order valence-electron chi connectivity index (χ2n) is 13.2. The lowest BCUT2D eigenvalue weighted by atomic mass is 9.34. The van der Waals surface area contributed by atoms with E-state index in [-0.39, 0.29) is 52.3 Å². The lowest BCUT2D eigenvalue weighted by Crippen LogP contribution is -2.65. The average molecular weight is 521 g/mol. The largest absolute Gasteiger partial charge is 0.481 e. The normalized spacial score (nSPS) is 41.4. The number of rotatable bonds is 4. The molecule has 1 saturated heterocycles. The zero-order chi connectivity index (χ0) is 27.4. The minimum absolute atomic E-state index is 0.00379. The van der Waals surface area contributed by atoms with E-state index in [4.69, 9.17) is 0 Å². The topological polar surface area (TPSA) is 118 Å². The Balaban J connectivity index is 1.50. The molecule has 2 bridgehead atoms. The van der Waals surface area contributed by atoms with E-state index in [1.165, 1.54) is 17.7 Å². The molecule has 1 spiro atoms. The third kappa shape index (κ3) is 2.94. The van der Waals surface area contributed by atoms with E-state index in [9.17, 15) is 29.6 Å². The Bertz CT molecular complexity index is 1300. The molecule has 7 rings (SSSR count). The van der Waals surface area contributed by atoms with E-state index in [0.717, 1.165) is 24.2 Å². The third-order valence-electron chi connectivity index (χ3n) is 11.5. The number of anilines is 1. The fraction of sp³-hybridized carbons (Fsp3) is 0.633. The van der Waals surface area contributed by atoms with Crippen molar-refractivity contribution in [2.45, 2.75) is 66.2 Å². The Labute approximate surface area is 222 Å². The van der Waals surface area contributed by atoms with Crippen LogP contribution in [0.4, 0.5) is 11.4 Å². The summed E-state index contributed by atoms with van der Waals surface area (Å²) in [6, 6.07) is 6.00. The number of fused-ring (bicyclic) bond motifs is 1. The summed E-state index contributed by atoms with van der Waals surface area (Å²) >= 11 is 0. The van der Waals surface area contributed by atoms with Gasteiger partial charge in [-0.25, -0.2) is 4.90 Å². The van der Waals surface area contributed by atoms with Gasteiger partial charge in [0.15, 0.2) is 0 Å². The lowest BCUT2D eigenvalue weighted by Gasteiger charge is -2.68. The number of carbonyl (C=O) groups excluding carboxylic acids is 2. The maximum absolute atomic E-state index is 14.3. The highest BCUT2D eigenvalue weighted by atomic mass is 16.6. The van der Waals surface area contributed by atoms with Crippen molar-refractivity contribution in [2.75, 3.05) is 4.90 Å². The molecule has 5 aliphatic carbocycles. The molecule has 4 fully saturated rings. The fourth-order valence-electron chi connectivity index (χ4n) is 10.0. The molecule has 0 radical (unpaired) electrons. The van der Waals surface area contributed by atoms with Crippen molar-refractivity contribution in [2.24, 2.45) is 51.8 Å². The van der Waals surface area contributed by atoms with Crippen LogP contribution in [0.5, 0.6) is 0 Å². The van der Waals surface area contributed by atoms with E-state index >= 15 is 0 Å². The molecule has 202 valence electrons. The van der Waals surface area contributed by atoms with Gasteiger partial charge in [-0.05, 0) is 74.2 Å². The number of hydrogen-bond donors (Lipinski definition) is 1. The molecule has 1 aromatic carbocycles. The van der Waals surface area contributed by atoms with Crippen molar-refractivity contribution in [1.82, 2.24) is 0 Å². The molecule has 6 aliphatic rings. The quantitative estimate of drug-likeness (QED) is 0.239. The van der Waals surface area contributed by atoms with Crippen LogP contribution >= 0.6 is 0 Å². The smallest absolute Gasteiger partial charge is 0.309 e. The molecule has 1 heterocycles. The first-order valence-electron chi connectivity index (χ1n) is 14.0. The van der Waals surface area contributed by atoms with Crippen molar-refractivity contribution in [3.63, 3.8) is 0 Å². The maximum Gasteiger partial charge on any atom is 0.309 e. The molecule has 3 saturated carbocycles. The van der Waals surface area contributed by atoms with Crippen molar-refractivity contribution in [3.8, 4) is 0 Å². The van der Waals surface area contributed by atoms with E-state index < -0.39 is 33.6 Å². The zero-order valence-corrected chi connectivity index (χ0v) is 22.5. The minimum atomic E-state index is -0.804. The number of carbonyl (C=O) groups is 3. The number of benzene rings is 1. The number of aliphatic carboxylic acids is 1. The van der Waals surface area contributed by atoms with Gasteiger partial charge < -0.3 is 5.11 Å². The first-order valence-corrected chi connectivity index (χ1v) is 14.0. The van der Waals surface area contributed by atoms with E-state index in [2.05, 4.69) is 26.8 Å².